The number of morpholine rings is 1. The Morgan fingerprint density at radius 3 is 2.32 bits per heavy atom. The van der Waals surface area contributed by atoms with Gasteiger partial charge in [0.05, 0.1) is 11.2 Å². The maximum atomic E-state index is 6.13. The smallest absolute Gasteiger partial charge is 0.208 e. The Balaban J connectivity index is 1.76. The van der Waals surface area contributed by atoms with Gasteiger partial charge >= 0.3 is 0 Å². The Labute approximate surface area is 136 Å². The van der Waals surface area contributed by atoms with Crippen molar-refractivity contribution in [3.05, 3.63) is 40.9 Å². The zero-order valence-electron chi connectivity index (χ0n) is 13.7. The molecular weight excluding hydrogens is 294 g/mol. The minimum absolute atomic E-state index is 0.174. The van der Waals surface area contributed by atoms with Gasteiger partial charge < -0.3 is 9.64 Å². The first kappa shape index (κ1) is 15.4. The summed E-state index contributed by atoms with van der Waals surface area (Å²) in [7, 11) is 0. The summed E-state index contributed by atoms with van der Waals surface area (Å²) in [5.41, 5.74) is 0.924. The van der Waals surface area contributed by atoms with Crippen molar-refractivity contribution in [3.63, 3.8) is 0 Å². The Morgan fingerprint density at radius 2 is 1.68 bits per heavy atom. The summed E-state index contributed by atoms with van der Waals surface area (Å²) in [6.07, 6.45) is 0.843. The second-order valence-electron chi connectivity index (χ2n) is 7.12. The number of rotatable bonds is 3. The fourth-order valence-corrected chi connectivity index (χ4v) is 4.01. The zero-order valence-corrected chi connectivity index (χ0v) is 14.5. The third-order valence-corrected chi connectivity index (χ3v) is 4.60. The number of nitrogens with zero attached hydrogens (tertiary/aromatic N) is 3. The molecule has 0 radical (unpaired) electrons. The molecular formula is C17H23N3OS. The summed E-state index contributed by atoms with van der Waals surface area (Å²) in [5, 5.41) is 10.8. The van der Waals surface area contributed by atoms with E-state index in [1.54, 1.807) is 11.3 Å². The topological polar surface area (TPSA) is 38.2 Å². The molecule has 0 saturated carbocycles. The quantitative estimate of drug-likeness (QED) is 0.868. The predicted octanol–water partition coefficient (Wildman–Crippen LogP) is 3.52. The molecule has 0 aliphatic carbocycles. The van der Waals surface area contributed by atoms with E-state index in [4.69, 9.17) is 4.74 Å². The first-order valence-corrected chi connectivity index (χ1v) is 8.46. The number of benzene rings is 1. The molecule has 2 aromatic rings. The molecule has 0 bridgehead atoms. The van der Waals surface area contributed by atoms with Gasteiger partial charge in [0.25, 0.3) is 0 Å². The van der Waals surface area contributed by atoms with Crippen molar-refractivity contribution >= 4 is 16.5 Å². The van der Waals surface area contributed by atoms with Gasteiger partial charge in [0.15, 0.2) is 0 Å². The zero-order chi connectivity index (χ0) is 15.8. The van der Waals surface area contributed by atoms with Crippen LogP contribution in [0, 0.1) is 0 Å². The van der Waals surface area contributed by atoms with Crippen molar-refractivity contribution in [2.75, 3.05) is 18.0 Å². The molecule has 118 valence electrons. The monoisotopic (exact) mass is 317 g/mol. The lowest BCUT2D eigenvalue weighted by molar-refractivity contribution is -0.133. The molecule has 1 saturated heterocycles. The van der Waals surface area contributed by atoms with Crippen molar-refractivity contribution in [3.8, 4) is 0 Å². The van der Waals surface area contributed by atoms with Gasteiger partial charge in [-0.25, -0.2) is 0 Å². The molecule has 1 aromatic heterocycles. The Morgan fingerprint density at radius 1 is 1.05 bits per heavy atom. The second kappa shape index (κ2) is 5.63. The van der Waals surface area contributed by atoms with Gasteiger partial charge in [0.1, 0.15) is 5.01 Å². The molecule has 5 heteroatoms. The molecule has 22 heavy (non-hydrogen) atoms. The second-order valence-corrected chi connectivity index (χ2v) is 8.16. The average Bonchev–Trinajstić information content (AvgIpc) is 2.85. The largest absolute Gasteiger partial charge is 0.366 e. The lowest BCUT2D eigenvalue weighted by atomic mass is 9.99. The van der Waals surface area contributed by atoms with Crippen LogP contribution in [0.2, 0.25) is 0 Å². The fraction of sp³-hybridized carbons (Fsp3) is 0.529. The molecule has 0 unspecified atom stereocenters. The number of anilines is 1. The fourth-order valence-electron chi connectivity index (χ4n) is 3.14. The van der Waals surface area contributed by atoms with Gasteiger partial charge in [-0.05, 0) is 33.3 Å². The van der Waals surface area contributed by atoms with Crippen LogP contribution in [0.5, 0.6) is 0 Å². The number of hydrogen-bond donors (Lipinski definition) is 0. The summed E-state index contributed by atoms with van der Waals surface area (Å²) in [6.45, 7) is 10.2. The average molecular weight is 317 g/mol. The van der Waals surface area contributed by atoms with Gasteiger partial charge in [0, 0.05) is 19.5 Å². The van der Waals surface area contributed by atoms with Gasteiger partial charge in [0.2, 0.25) is 5.13 Å². The first-order valence-electron chi connectivity index (χ1n) is 7.64. The molecule has 1 aliphatic rings. The van der Waals surface area contributed by atoms with E-state index in [-0.39, 0.29) is 11.2 Å². The van der Waals surface area contributed by atoms with Crippen LogP contribution in [0.25, 0.3) is 0 Å². The molecule has 1 aromatic carbocycles. The van der Waals surface area contributed by atoms with Crippen LogP contribution in [0.15, 0.2) is 30.3 Å². The highest BCUT2D eigenvalue weighted by Crippen LogP contribution is 2.33. The van der Waals surface area contributed by atoms with E-state index in [9.17, 15) is 0 Å². The summed E-state index contributed by atoms with van der Waals surface area (Å²) in [4.78, 5) is 2.30. The molecule has 0 atom stereocenters. The van der Waals surface area contributed by atoms with E-state index in [1.165, 1.54) is 5.56 Å². The SMILES string of the molecule is CC1(C)CN(c2nnc(Cc3ccccc3)s2)CC(C)(C)O1. The van der Waals surface area contributed by atoms with Gasteiger partial charge in [-0.15, -0.1) is 10.2 Å². The highest BCUT2D eigenvalue weighted by molar-refractivity contribution is 7.15. The maximum absolute atomic E-state index is 6.13. The number of aromatic nitrogens is 2. The molecule has 1 aliphatic heterocycles. The predicted molar refractivity (Wildman–Crippen MR) is 90.6 cm³/mol. The van der Waals surface area contributed by atoms with Gasteiger partial charge in [-0.3, -0.25) is 0 Å². The number of hydrogen-bond acceptors (Lipinski definition) is 5. The van der Waals surface area contributed by atoms with E-state index in [2.05, 4.69) is 67.1 Å². The standard InChI is InChI=1S/C17H23N3OS/c1-16(2)11-20(12-17(3,4)21-16)15-19-18-14(22-15)10-13-8-6-5-7-9-13/h5-9H,10-12H2,1-4H3. The summed E-state index contributed by atoms with van der Waals surface area (Å²) in [5.74, 6) is 0. The minimum Gasteiger partial charge on any atom is -0.366 e. The summed E-state index contributed by atoms with van der Waals surface area (Å²) in [6, 6.07) is 10.4. The van der Waals surface area contributed by atoms with Crippen LogP contribution in [-0.4, -0.2) is 34.5 Å². The molecule has 0 amide bonds. The summed E-state index contributed by atoms with van der Waals surface area (Å²) < 4.78 is 6.13. The highest BCUT2D eigenvalue weighted by Gasteiger charge is 2.39. The van der Waals surface area contributed by atoms with Crippen LogP contribution < -0.4 is 4.90 Å². The van der Waals surface area contributed by atoms with Crippen LogP contribution in [0.1, 0.15) is 38.3 Å². The maximum Gasteiger partial charge on any atom is 0.208 e. The lowest BCUT2D eigenvalue weighted by Crippen LogP contribution is -2.57. The Kier molecular flexibility index (Phi) is 3.95. The molecule has 1 fully saturated rings. The van der Waals surface area contributed by atoms with Crippen LogP contribution in [0.3, 0.4) is 0 Å². The highest BCUT2D eigenvalue weighted by atomic mass is 32.1. The summed E-state index contributed by atoms with van der Waals surface area (Å²) >= 11 is 1.68. The van der Waals surface area contributed by atoms with E-state index >= 15 is 0 Å². The van der Waals surface area contributed by atoms with Crippen molar-refractivity contribution < 1.29 is 4.74 Å². The van der Waals surface area contributed by atoms with Crippen molar-refractivity contribution in [2.24, 2.45) is 0 Å². The van der Waals surface area contributed by atoms with Gasteiger partial charge in [-0.2, -0.15) is 0 Å². The van der Waals surface area contributed by atoms with E-state index < -0.39 is 0 Å². The van der Waals surface area contributed by atoms with Gasteiger partial charge in [-0.1, -0.05) is 41.7 Å². The first-order chi connectivity index (χ1) is 10.3. The van der Waals surface area contributed by atoms with Crippen molar-refractivity contribution in [1.82, 2.24) is 10.2 Å². The minimum atomic E-state index is -0.174. The Hall–Kier alpha value is -1.46. The van der Waals surface area contributed by atoms with Crippen LogP contribution in [0.4, 0.5) is 5.13 Å². The molecule has 2 heterocycles. The third kappa shape index (κ3) is 3.65. The molecule has 0 N–H and O–H groups in total. The normalized spacial score (nSPS) is 20.1. The van der Waals surface area contributed by atoms with Crippen molar-refractivity contribution in [1.29, 1.82) is 0 Å². The molecule has 0 spiro atoms. The van der Waals surface area contributed by atoms with E-state index in [0.717, 1.165) is 29.6 Å². The lowest BCUT2D eigenvalue weighted by Gasteiger charge is -2.46. The molecule has 3 rings (SSSR count). The van der Waals surface area contributed by atoms with Crippen LogP contribution >= 0.6 is 11.3 Å². The Bertz CT molecular complexity index is 620. The van der Waals surface area contributed by atoms with E-state index in [1.807, 2.05) is 6.07 Å². The third-order valence-electron chi connectivity index (χ3n) is 3.62. The van der Waals surface area contributed by atoms with Crippen molar-refractivity contribution in [2.45, 2.75) is 45.3 Å². The van der Waals surface area contributed by atoms with Crippen LogP contribution in [-0.2, 0) is 11.2 Å². The van der Waals surface area contributed by atoms with E-state index in [0.29, 0.717) is 0 Å². The molecule has 4 nitrogen and oxygen atoms in total. The number of ether oxygens (including phenoxy) is 1.